The second-order valence-corrected chi connectivity index (χ2v) is 7.57. The van der Waals surface area contributed by atoms with Gasteiger partial charge in [-0.1, -0.05) is 13.8 Å². The molecule has 0 aromatic rings. The molecule has 0 aromatic carbocycles. The smallest absolute Gasteiger partial charge is 0.210 e. The molecule has 1 rings (SSSR count). The minimum absolute atomic E-state index is 0.106. The van der Waals surface area contributed by atoms with Gasteiger partial charge in [0.2, 0.25) is 10.0 Å². The molecule has 1 atom stereocenters. The maximum Gasteiger partial charge on any atom is 0.210 e. The molecular formula is C13H28N4O2S. The first-order valence-corrected chi connectivity index (χ1v) is 9.07. The molecule has 118 valence electrons. The molecule has 1 heterocycles. The standard InChI is InChI=1S/C13H28N4O2S/c1-4-15-13(16-6-8-20(14,18)19)17-7-5-12(10-17)9-11(2)3/h11-12H,4-10H2,1-3H3,(H,15,16)(H2,14,18,19). The van der Waals surface area contributed by atoms with Gasteiger partial charge in [0.25, 0.3) is 0 Å². The topological polar surface area (TPSA) is 87.8 Å². The van der Waals surface area contributed by atoms with E-state index in [0.717, 1.165) is 25.6 Å². The summed E-state index contributed by atoms with van der Waals surface area (Å²) in [5, 5.41) is 8.22. The van der Waals surface area contributed by atoms with Crippen molar-refractivity contribution in [3.63, 3.8) is 0 Å². The molecule has 0 amide bonds. The zero-order valence-electron chi connectivity index (χ0n) is 12.8. The molecule has 1 fully saturated rings. The minimum Gasteiger partial charge on any atom is -0.357 e. The van der Waals surface area contributed by atoms with Crippen LogP contribution in [0, 0.1) is 11.8 Å². The molecule has 3 N–H and O–H groups in total. The zero-order chi connectivity index (χ0) is 15.2. The maximum absolute atomic E-state index is 10.9. The number of likely N-dealkylation sites (tertiary alicyclic amines) is 1. The van der Waals surface area contributed by atoms with Crippen molar-refractivity contribution < 1.29 is 8.42 Å². The number of nitrogens with one attached hydrogen (secondary N) is 1. The summed E-state index contributed by atoms with van der Waals surface area (Å²) in [5.74, 6) is 2.12. The fraction of sp³-hybridized carbons (Fsp3) is 0.923. The first-order chi connectivity index (χ1) is 9.31. The molecule has 1 unspecified atom stereocenters. The van der Waals surface area contributed by atoms with Crippen molar-refractivity contribution in [1.29, 1.82) is 0 Å². The van der Waals surface area contributed by atoms with Crippen molar-refractivity contribution in [1.82, 2.24) is 10.2 Å². The summed E-state index contributed by atoms with van der Waals surface area (Å²) < 4.78 is 21.9. The van der Waals surface area contributed by atoms with E-state index in [9.17, 15) is 8.42 Å². The summed E-state index contributed by atoms with van der Waals surface area (Å²) in [5.41, 5.74) is 0. The quantitative estimate of drug-likeness (QED) is 0.556. The molecule has 1 aliphatic rings. The predicted molar refractivity (Wildman–Crippen MR) is 83.1 cm³/mol. The first-order valence-electron chi connectivity index (χ1n) is 7.35. The van der Waals surface area contributed by atoms with E-state index < -0.39 is 10.0 Å². The molecule has 1 saturated heterocycles. The van der Waals surface area contributed by atoms with Gasteiger partial charge in [-0.3, -0.25) is 4.99 Å². The monoisotopic (exact) mass is 304 g/mol. The van der Waals surface area contributed by atoms with Gasteiger partial charge in [-0.05, 0) is 31.6 Å². The Morgan fingerprint density at radius 2 is 2.20 bits per heavy atom. The summed E-state index contributed by atoms with van der Waals surface area (Å²) in [4.78, 5) is 6.59. The third-order valence-electron chi connectivity index (χ3n) is 3.36. The van der Waals surface area contributed by atoms with E-state index in [1.165, 1.54) is 12.8 Å². The lowest BCUT2D eigenvalue weighted by molar-refractivity contribution is 0.404. The number of aliphatic imine (C=N–C) groups is 1. The highest BCUT2D eigenvalue weighted by Gasteiger charge is 2.25. The number of hydrogen-bond acceptors (Lipinski definition) is 3. The summed E-state index contributed by atoms with van der Waals surface area (Å²) in [6.07, 6.45) is 2.41. The van der Waals surface area contributed by atoms with Gasteiger partial charge < -0.3 is 10.2 Å². The molecule has 0 radical (unpaired) electrons. The van der Waals surface area contributed by atoms with E-state index >= 15 is 0 Å². The highest BCUT2D eigenvalue weighted by Crippen LogP contribution is 2.23. The van der Waals surface area contributed by atoms with Crippen molar-refractivity contribution in [2.24, 2.45) is 22.0 Å². The van der Waals surface area contributed by atoms with Crippen LogP contribution < -0.4 is 10.5 Å². The number of nitrogens with two attached hydrogens (primary N) is 1. The molecule has 0 bridgehead atoms. The molecule has 7 heteroatoms. The number of nitrogens with zero attached hydrogens (tertiary/aromatic N) is 2. The van der Waals surface area contributed by atoms with Gasteiger partial charge in [0.1, 0.15) is 0 Å². The lowest BCUT2D eigenvalue weighted by Gasteiger charge is -2.22. The van der Waals surface area contributed by atoms with Crippen LogP contribution in [-0.2, 0) is 10.0 Å². The summed E-state index contributed by atoms with van der Waals surface area (Å²) in [7, 11) is -3.44. The van der Waals surface area contributed by atoms with E-state index in [1.807, 2.05) is 6.92 Å². The van der Waals surface area contributed by atoms with Crippen molar-refractivity contribution in [3.8, 4) is 0 Å². The Labute approximate surface area is 122 Å². The van der Waals surface area contributed by atoms with Crippen LogP contribution in [0.3, 0.4) is 0 Å². The Morgan fingerprint density at radius 1 is 1.50 bits per heavy atom. The second-order valence-electron chi connectivity index (χ2n) is 5.83. The lowest BCUT2D eigenvalue weighted by Crippen LogP contribution is -2.40. The van der Waals surface area contributed by atoms with Gasteiger partial charge in [-0.2, -0.15) is 0 Å². The van der Waals surface area contributed by atoms with E-state index in [1.54, 1.807) is 0 Å². The average Bonchev–Trinajstić information content (AvgIpc) is 2.73. The third kappa shape index (κ3) is 6.56. The third-order valence-corrected chi connectivity index (χ3v) is 4.11. The fourth-order valence-electron chi connectivity index (χ4n) is 2.59. The van der Waals surface area contributed by atoms with Gasteiger partial charge in [0.15, 0.2) is 5.96 Å². The van der Waals surface area contributed by atoms with E-state index in [2.05, 4.69) is 29.1 Å². The van der Waals surface area contributed by atoms with E-state index in [-0.39, 0.29) is 12.3 Å². The van der Waals surface area contributed by atoms with E-state index in [4.69, 9.17) is 5.14 Å². The van der Waals surface area contributed by atoms with Crippen molar-refractivity contribution >= 4 is 16.0 Å². The zero-order valence-corrected chi connectivity index (χ0v) is 13.6. The van der Waals surface area contributed by atoms with E-state index in [0.29, 0.717) is 11.8 Å². The predicted octanol–water partition coefficient (Wildman–Crippen LogP) is 0.608. The van der Waals surface area contributed by atoms with Crippen LogP contribution in [-0.4, -0.2) is 51.2 Å². The lowest BCUT2D eigenvalue weighted by atomic mass is 9.97. The Bertz CT molecular complexity index is 420. The summed E-state index contributed by atoms with van der Waals surface area (Å²) in [6.45, 7) is 9.48. The van der Waals surface area contributed by atoms with Crippen molar-refractivity contribution in [2.75, 3.05) is 31.9 Å². The fourth-order valence-corrected chi connectivity index (χ4v) is 2.93. The van der Waals surface area contributed by atoms with Crippen LogP contribution in [0.15, 0.2) is 4.99 Å². The number of rotatable bonds is 6. The van der Waals surface area contributed by atoms with Crippen molar-refractivity contribution in [2.45, 2.75) is 33.6 Å². The van der Waals surface area contributed by atoms with Gasteiger partial charge in [-0.15, -0.1) is 0 Å². The highest BCUT2D eigenvalue weighted by molar-refractivity contribution is 7.89. The second kappa shape index (κ2) is 7.83. The molecule has 6 nitrogen and oxygen atoms in total. The van der Waals surface area contributed by atoms with Crippen LogP contribution >= 0.6 is 0 Å². The molecule has 20 heavy (non-hydrogen) atoms. The SMILES string of the molecule is CCNC(=NCCS(N)(=O)=O)N1CCC(CC(C)C)C1. The average molecular weight is 304 g/mol. The number of primary sulfonamides is 1. The molecule has 1 aliphatic heterocycles. The number of guanidine groups is 1. The van der Waals surface area contributed by atoms with Crippen LogP contribution in [0.25, 0.3) is 0 Å². The van der Waals surface area contributed by atoms with Crippen molar-refractivity contribution in [3.05, 3.63) is 0 Å². The van der Waals surface area contributed by atoms with Crippen LogP contribution in [0.5, 0.6) is 0 Å². The van der Waals surface area contributed by atoms with Crippen LogP contribution in [0.4, 0.5) is 0 Å². The van der Waals surface area contributed by atoms with Gasteiger partial charge >= 0.3 is 0 Å². The molecular weight excluding hydrogens is 276 g/mol. The molecule has 0 saturated carbocycles. The molecule has 0 aliphatic carbocycles. The Balaban J connectivity index is 2.56. The summed E-state index contributed by atoms with van der Waals surface area (Å²) in [6, 6.07) is 0. The minimum atomic E-state index is -3.44. The largest absolute Gasteiger partial charge is 0.357 e. The molecule has 0 aromatic heterocycles. The van der Waals surface area contributed by atoms with Gasteiger partial charge in [0, 0.05) is 19.6 Å². The number of sulfonamides is 1. The first kappa shape index (κ1) is 17.2. The van der Waals surface area contributed by atoms with Crippen LogP contribution in [0.1, 0.15) is 33.6 Å². The molecule has 0 spiro atoms. The van der Waals surface area contributed by atoms with Crippen LogP contribution in [0.2, 0.25) is 0 Å². The van der Waals surface area contributed by atoms with Gasteiger partial charge in [0.05, 0.1) is 12.3 Å². The summed E-state index contributed by atoms with van der Waals surface area (Å²) >= 11 is 0. The normalized spacial score (nSPS) is 20.8. The Hall–Kier alpha value is -0.820. The Kier molecular flexibility index (Phi) is 6.75. The number of hydrogen-bond donors (Lipinski definition) is 2. The Morgan fingerprint density at radius 3 is 2.75 bits per heavy atom. The highest BCUT2D eigenvalue weighted by atomic mass is 32.2. The van der Waals surface area contributed by atoms with Gasteiger partial charge in [-0.25, -0.2) is 13.6 Å². The maximum atomic E-state index is 10.9.